The molecule has 0 atom stereocenters. The SMILES string of the molecule is COC(C)(C)C#Cc1cc(-c2cn(-c3ccccc3)nn2)cc(-c2cn(-c3ccccc3)nn2)c1. The highest BCUT2D eigenvalue weighted by Gasteiger charge is 2.14. The Kier molecular flexibility index (Phi) is 5.96. The fourth-order valence-corrected chi connectivity index (χ4v) is 3.48. The van der Waals surface area contributed by atoms with Gasteiger partial charge < -0.3 is 4.74 Å². The molecule has 3 aromatic carbocycles. The molecule has 35 heavy (non-hydrogen) atoms. The van der Waals surface area contributed by atoms with Gasteiger partial charge in [0, 0.05) is 23.8 Å². The maximum atomic E-state index is 5.47. The molecule has 0 bridgehead atoms. The lowest BCUT2D eigenvalue weighted by molar-refractivity contribution is 0.0742. The van der Waals surface area contributed by atoms with E-state index in [0.717, 1.165) is 39.5 Å². The summed E-state index contributed by atoms with van der Waals surface area (Å²) in [5.41, 5.74) is 5.39. The van der Waals surface area contributed by atoms with Crippen LogP contribution in [-0.2, 0) is 4.74 Å². The van der Waals surface area contributed by atoms with E-state index in [1.165, 1.54) is 0 Å². The average molecular weight is 461 g/mol. The van der Waals surface area contributed by atoms with Crippen LogP contribution in [0.3, 0.4) is 0 Å². The molecule has 0 saturated carbocycles. The Balaban J connectivity index is 1.58. The highest BCUT2D eigenvalue weighted by Crippen LogP contribution is 2.27. The predicted octanol–water partition coefficient (Wildman–Crippen LogP) is 4.96. The second-order valence-corrected chi connectivity index (χ2v) is 8.53. The Hall–Kier alpha value is -4.54. The van der Waals surface area contributed by atoms with Gasteiger partial charge in [0.1, 0.15) is 17.0 Å². The van der Waals surface area contributed by atoms with Gasteiger partial charge >= 0.3 is 0 Å². The van der Waals surface area contributed by atoms with E-state index in [-0.39, 0.29) is 0 Å². The van der Waals surface area contributed by atoms with E-state index in [4.69, 9.17) is 4.74 Å². The van der Waals surface area contributed by atoms with Crippen molar-refractivity contribution in [3.05, 3.63) is 96.8 Å². The highest BCUT2D eigenvalue weighted by molar-refractivity contribution is 5.72. The maximum Gasteiger partial charge on any atom is 0.123 e. The zero-order chi connectivity index (χ0) is 24.3. The number of aromatic nitrogens is 6. The van der Waals surface area contributed by atoms with Gasteiger partial charge in [-0.1, -0.05) is 58.7 Å². The quantitative estimate of drug-likeness (QED) is 0.347. The minimum Gasteiger partial charge on any atom is -0.366 e. The first-order valence-corrected chi connectivity index (χ1v) is 11.2. The van der Waals surface area contributed by atoms with Crippen molar-refractivity contribution >= 4 is 0 Å². The zero-order valence-corrected chi connectivity index (χ0v) is 19.8. The first-order chi connectivity index (χ1) is 17.0. The minimum absolute atomic E-state index is 0.566. The van der Waals surface area contributed by atoms with Crippen molar-refractivity contribution in [3.63, 3.8) is 0 Å². The van der Waals surface area contributed by atoms with Crippen molar-refractivity contribution < 1.29 is 4.74 Å². The number of hydrogen-bond acceptors (Lipinski definition) is 5. The van der Waals surface area contributed by atoms with Crippen LogP contribution in [0, 0.1) is 11.8 Å². The fourth-order valence-electron chi connectivity index (χ4n) is 3.48. The smallest absolute Gasteiger partial charge is 0.123 e. The average Bonchev–Trinajstić information content (AvgIpc) is 3.59. The molecule has 0 aliphatic heterocycles. The molecule has 0 fully saturated rings. The van der Waals surface area contributed by atoms with Gasteiger partial charge in [-0.15, -0.1) is 10.2 Å². The number of para-hydroxylation sites is 2. The van der Waals surface area contributed by atoms with Crippen LogP contribution in [0.5, 0.6) is 0 Å². The molecule has 0 radical (unpaired) electrons. The van der Waals surface area contributed by atoms with Gasteiger partial charge in [0.15, 0.2) is 0 Å². The van der Waals surface area contributed by atoms with Crippen LogP contribution in [0.25, 0.3) is 33.9 Å². The number of methoxy groups -OCH3 is 1. The lowest BCUT2D eigenvalue weighted by Gasteiger charge is -2.14. The molecule has 0 N–H and O–H groups in total. The van der Waals surface area contributed by atoms with E-state index in [2.05, 4.69) is 32.5 Å². The molecule has 5 rings (SSSR count). The number of ether oxygens (including phenoxy) is 1. The number of nitrogens with zero attached hydrogens (tertiary/aromatic N) is 6. The molecule has 0 saturated heterocycles. The van der Waals surface area contributed by atoms with Crippen molar-refractivity contribution in [2.24, 2.45) is 0 Å². The van der Waals surface area contributed by atoms with Crippen molar-refractivity contribution in [2.45, 2.75) is 19.4 Å². The topological polar surface area (TPSA) is 70.7 Å². The van der Waals surface area contributed by atoms with Gasteiger partial charge in [0.2, 0.25) is 0 Å². The second-order valence-electron chi connectivity index (χ2n) is 8.53. The van der Waals surface area contributed by atoms with Crippen LogP contribution >= 0.6 is 0 Å². The van der Waals surface area contributed by atoms with Crippen molar-refractivity contribution in [1.82, 2.24) is 30.0 Å². The molecule has 0 amide bonds. The Labute approximate surface area is 204 Å². The molecule has 0 aliphatic carbocycles. The maximum absolute atomic E-state index is 5.47. The molecule has 7 nitrogen and oxygen atoms in total. The van der Waals surface area contributed by atoms with Crippen LogP contribution < -0.4 is 0 Å². The highest BCUT2D eigenvalue weighted by atomic mass is 16.5. The molecule has 0 spiro atoms. The van der Waals surface area contributed by atoms with E-state index < -0.39 is 5.60 Å². The number of benzene rings is 3. The lowest BCUT2D eigenvalue weighted by atomic mass is 10.0. The third kappa shape index (κ3) is 5.03. The summed E-state index contributed by atoms with van der Waals surface area (Å²) in [6, 6.07) is 25.8. The molecular weight excluding hydrogens is 436 g/mol. The van der Waals surface area contributed by atoms with E-state index in [9.17, 15) is 0 Å². The first-order valence-electron chi connectivity index (χ1n) is 11.2. The standard InChI is InChI=1S/C28H24N6O/c1-28(2,35-3)15-14-21-16-22(26-19-33(31-29-26)24-10-6-4-7-11-24)18-23(17-21)27-20-34(32-30-27)25-12-8-5-9-13-25/h4-13,16-20H,1-3H3. The van der Waals surface area contributed by atoms with Crippen molar-refractivity contribution in [2.75, 3.05) is 7.11 Å². The summed E-state index contributed by atoms with van der Waals surface area (Å²) in [7, 11) is 1.65. The summed E-state index contributed by atoms with van der Waals surface area (Å²) < 4.78 is 8.98. The summed E-state index contributed by atoms with van der Waals surface area (Å²) in [5.74, 6) is 6.44. The Bertz CT molecular complexity index is 1410. The van der Waals surface area contributed by atoms with Crippen LogP contribution in [0.4, 0.5) is 0 Å². The van der Waals surface area contributed by atoms with Crippen LogP contribution in [-0.4, -0.2) is 42.7 Å². The fraction of sp³-hybridized carbons (Fsp3) is 0.143. The zero-order valence-electron chi connectivity index (χ0n) is 19.8. The Morgan fingerprint density at radius 2 is 1.20 bits per heavy atom. The van der Waals surface area contributed by atoms with Gasteiger partial charge in [-0.05, 0) is 56.3 Å². The normalized spacial score (nSPS) is 11.2. The van der Waals surface area contributed by atoms with E-state index in [0.29, 0.717) is 0 Å². The summed E-state index contributed by atoms with van der Waals surface area (Å²) >= 11 is 0. The van der Waals surface area contributed by atoms with Gasteiger partial charge in [-0.2, -0.15) is 0 Å². The largest absolute Gasteiger partial charge is 0.366 e. The third-order valence-electron chi connectivity index (χ3n) is 5.57. The Morgan fingerprint density at radius 3 is 1.66 bits per heavy atom. The molecule has 7 heteroatoms. The molecule has 2 aromatic heterocycles. The number of rotatable bonds is 5. The van der Waals surface area contributed by atoms with E-state index in [1.54, 1.807) is 16.5 Å². The molecular formula is C28H24N6O. The minimum atomic E-state index is -0.566. The molecule has 172 valence electrons. The van der Waals surface area contributed by atoms with E-state index in [1.807, 2.05) is 105 Å². The van der Waals surface area contributed by atoms with Crippen LogP contribution in [0.2, 0.25) is 0 Å². The third-order valence-corrected chi connectivity index (χ3v) is 5.57. The number of hydrogen-bond donors (Lipinski definition) is 0. The van der Waals surface area contributed by atoms with Crippen LogP contribution in [0.1, 0.15) is 19.4 Å². The summed E-state index contributed by atoms with van der Waals surface area (Å²) in [6.07, 6.45) is 3.82. The molecule has 2 heterocycles. The lowest BCUT2D eigenvalue weighted by Crippen LogP contribution is -2.19. The predicted molar refractivity (Wildman–Crippen MR) is 135 cm³/mol. The van der Waals surface area contributed by atoms with Gasteiger partial charge in [-0.25, -0.2) is 9.36 Å². The second kappa shape index (κ2) is 9.37. The molecule has 0 unspecified atom stereocenters. The Morgan fingerprint density at radius 1 is 0.714 bits per heavy atom. The van der Waals surface area contributed by atoms with Gasteiger partial charge in [-0.3, -0.25) is 0 Å². The summed E-state index contributed by atoms with van der Waals surface area (Å²) in [4.78, 5) is 0. The van der Waals surface area contributed by atoms with E-state index >= 15 is 0 Å². The molecule has 0 aliphatic rings. The summed E-state index contributed by atoms with van der Waals surface area (Å²) in [5, 5.41) is 17.5. The molecule has 5 aromatic rings. The summed E-state index contributed by atoms with van der Waals surface area (Å²) in [6.45, 7) is 3.86. The van der Waals surface area contributed by atoms with Crippen molar-refractivity contribution in [1.29, 1.82) is 0 Å². The van der Waals surface area contributed by atoms with Gasteiger partial charge in [0.25, 0.3) is 0 Å². The first kappa shape index (κ1) is 22.3. The monoisotopic (exact) mass is 460 g/mol. The van der Waals surface area contributed by atoms with Crippen molar-refractivity contribution in [3.8, 4) is 45.7 Å². The van der Waals surface area contributed by atoms with Crippen LogP contribution in [0.15, 0.2) is 91.3 Å². The van der Waals surface area contributed by atoms with Gasteiger partial charge in [0.05, 0.1) is 23.8 Å².